The maximum Gasteiger partial charge on any atom is 0.407 e. The number of piperidine rings is 1. The lowest BCUT2D eigenvalue weighted by atomic mass is 9.89. The van der Waals surface area contributed by atoms with Crippen molar-refractivity contribution >= 4 is 6.09 Å². The molecular formula is C13H24N2O2. The van der Waals surface area contributed by atoms with E-state index in [1.54, 1.807) is 4.90 Å². The summed E-state index contributed by atoms with van der Waals surface area (Å²) >= 11 is 0. The highest BCUT2D eigenvalue weighted by Gasteiger charge is 2.23. The monoisotopic (exact) mass is 240 g/mol. The molecule has 1 saturated heterocycles. The van der Waals surface area contributed by atoms with Gasteiger partial charge in [0.05, 0.1) is 0 Å². The van der Waals surface area contributed by atoms with Crippen LogP contribution in [0.4, 0.5) is 4.79 Å². The SMILES string of the molecule is O=C(O)N1CCC[C@@H](NCC2CCCCC2)C1. The van der Waals surface area contributed by atoms with Crippen LogP contribution >= 0.6 is 0 Å². The number of carbonyl (C=O) groups is 1. The molecule has 1 heterocycles. The van der Waals surface area contributed by atoms with E-state index in [0.717, 1.165) is 25.3 Å². The van der Waals surface area contributed by atoms with Crippen molar-refractivity contribution in [1.82, 2.24) is 10.2 Å². The zero-order valence-corrected chi connectivity index (χ0v) is 10.5. The molecule has 2 N–H and O–H groups in total. The summed E-state index contributed by atoms with van der Waals surface area (Å²) in [4.78, 5) is 12.4. The van der Waals surface area contributed by atoms with Gasteiger partial charge in [0.1, 0.15) is 0 Å². The molecule has 0 bridgehead atoms. The topological polar surface area (TPSA) is 52.6 Å². The molecule has 2 rings (SSSR count). The first-order chi connectivity index (χ1) is 8.25. The fourth-order valence-electron chi connectivity index (χ4n) is 3.04. The molecule has 2 fully saturated rings. The van der Waals surface area contributed by atoms with Crippen LogP contribution in [0.1, 0.15) is 44.9 Å². The lowest BCUT2D eigenvalue weighted by Crippen LogP contribution is -2.48. The van der Waals surface area contributed by atoms with Crippen LogP contribution in [-0.4, -0.2) is 41.8 Å². The second-order valence-electron chi connectivity index (χ2n) is 5.48. The minimum atomic E-state index is -0.769. The highest BCUT2D eigenvalue weighted by molar-refractivity contribution is 5.65. The molecule has 0 aromatic heterocycles. The van der Waals surface area contributed by atoms with Crippen molar-refractivity contribution in [2.45, 2.75) is 51.0 Å². The number of rotatable bonds is 3. The average molecular weight is 240 g/mol. The van der Waals surface area contributed by atoms with Gasteiger partial charge >= 0.3 is 6.09 Å². The van der Waals surface area contributed by atoms with Crippen molar-refractivity contribution in [3.05, 3.63) is 0 Å². The van der Waals surface area contributed by atoms with Crippen LogP contribution in [0.15, 0.2) is 0 Å². The van der Waals surface area contributed by atoms with E-state index in [4.69, 9.17) is 5.11 Å². The van der Waals surface area contributed by atoms with Gasteiger partial charge in [-0.2, -0.15) is 0 Å². The minimum absolute atomic E-state index is 0.377. The zero-order valence-electron chi connectivity index (χ0n) is 10.5. The number of nitrogens with zero attached hydrogens (tertiary/aromatic N) is 1. The summed E-state index contributed by atoms with van der Waals surface area (Å²) in [5.41, 5.74) is 0. The Morgan fingerprint density at radius 2 is 1.94 bits per heavy atom. The molecule has 0 aromatic carbocycles. The van der Waals surface area contributed by atoms with Crippen LogP contribution in [-0.2, 0) is 0 Å². The third-order valence-electron chi connectivity index (χ3n) is 4.11. The number of amides is 1. The standard InChI is InChI=1S/C13H24N2O2/c16-13(17)15-8-4-7-12(10-15)14-9-11-5-2-1-3-6-11/h11-12,14H,1-10H2,(H,16,17)/t12-/m1/s1. The fourth-order valence-corrected chi connectivity index (χ4v) is 3.04. The number of carboxylic acid groups (broad SMARTS) is 1. The van der Waals surface area contributed by atoms with E-state index < -0.39 is 6.09 Å². The predicted molar refractivity (Wildman–Crippen MR) is 67.2 cm³/mol. The van der Waals surface area contributed by atoms with Gasteiger partial charge in [0.15, 0.2) is 0 Å². The van der Waals surface area contributed by atoms with E-state index in [-0.39, 0.29) is 0 Å². The van der Waals surface area contributed by atoms with Crippen molar-refractivity contribution in [2.75, 3.05) is 19.6 Å². The molecule has 98 valence electrons. The van der Waals surface area contributed by atoms with E-state index >= 15 is 0 Å². The Balaban J connectivity index is 1.69. The molecule has 4 nitrogen and oxygen atoms in total. The number of nitrogens with one attached hydrogen (secondary N) is 1. The van der Waals surface area contributed by atoms with Crippen molar-refractivity contribution in [2.24, 2.45) is 5.92 Å². The van der Waals surface area contributed by atoms with Gasteiger partial charge in [-0.25, -0.2) is 4.79 Å². The quantitative estimate of drug-likeness (QED) is 0.796. The Kier molecular flexibility index (Phi) is 4.66. The molecule has 17 heavy (non-hydrogen) atoms. The summed E-state index contributed by atoms with van der Waals surface area (Å²) < 4.78 is 0. The van der Waals surface area contributed by atoms with Gasteiger partial charge in [0.2, 0.25) is 0 Å². The van der Waals surface area contributed by atoms with Gasteiger partial charge in [-0.1, -0.05) is 19.3 Å². The summed E-state index contributed by atoms with van der Waals surface area (Å²) in [6, 6.07) is 0.377. The summed E-state index contributed by atoms with van der Waals surface area (Å²) in [7, 11) is 0. The van der Waals surface area contributed by atoms with Gasteiger partial charge in [-0.05, 0) is 38.1 Å². The number of hydrogen-bond acceptors (Lipinski definition) is 2. The Bertz CT molecular complexity index is 252. The molecule has 1 amide bonds. The largest absolute Gasteiger partial charge is 0.465 e. The molecule has 0 unspecified atom stereocenters. The first kappa shape index (κ1) is 12.7. The van der Waals surface area contributed by atoms with E-state index in [0.29, 0.717) is 19.1 Å². The van der Waals surface area contributed by atoms with Crippen LogP contribution in [0.2, 0.25) is 0 Å². The molecular weight excluding hydrogens is 216 g/mol. The molecule has 0 spiro atoms. The van der Waals surface area contributed by atoms with Crippen LogP contribution in [0, 0.1) is 5.92 Å². The molecule has 0 aromatic rings. The van der Waals surface area contributed by atoms with Gasteiger partial charge in [0, 0.05) is 19.1 Å². The van der Waals surface area contributed by atoms with Crippen LogP contribution in [0.3, 0.4) is 0 Å². The summed E-state index contributed by atoms with van der Waals surface area (Å²) in [6.07, 6.45) is 8.19. The highest BCUT2D eigenvalue weighted by atomic mass is 16.4. The Morgan fingerprint density at radius 1 is 1.18 bits per heavy atom. The van der Waals surface area contributed by atoms with Gasteiger partial charge in [0.25, 0.3) is 0 Å². The van der Waals surface area contributed by atoms with Crippen LogP contribution in [0.5, 0.6) is 0 Å². The molecule has 0 radical (unpaired) electrons. The van der Waals surface area contributed by atoms with Crippen LogP contribution in [0.25, 0.3) is 0 Å². The van der Waals surface area contributed by atoms with Gasteiger partial charge in [-0.3, -0.25) is 0 Å². The predicted octanol–water partition coefficient (Wildman–Crippen LogP) is 2.30. The average Bonchev–Trinajstić information content (AvgIpc) is 2.38. The van der Waals surface area contributed by atoms with E-state index in [1.807, 2.05) is 0 Å². The van der Waals surface area contributed by atoms with E-state index in [2.05, 4.69) is 5.32 Å². The van der Waals surface area contributed by atoms with Crippen molar-refractivity contribution in [3.8, 4) is 0 Å². The van der Waals surface area contributed by atoms with Gasteiger partial charge in [-0.15, -0.1) is 0 Å². The second-order valence-corrected chi connectivity index (χ2v) is 5.48. The van der Waals surface area contributed by atoms with Crippen molar-refractivity contribution in [3.63, 3.8) is 0 Å². The summed E-state index contributed by atoms with van der Waals surface area (Å²) in [5, 5.41) is 12.5. The highest BCUT2D eigenvalue weighted by Crippen LogP contribution is 2.23. The summed E-state index contributed by atoms with van der Waals surface area (Å²) in [5.74, 6) is 0.823. The summed E-state index contributed by atoms with van der Waals surface area (Å²) in [6.45, 7) is 2.46. The normalized spacial score (nSPS) is 27.1. The molecule has 4 heteroatoms. The fraction of sp³-hybridized carbons (Fsp3) is 0.923. The third-order valence-corrected chi connectivity index (χ3v) is 4.11. The van der Waals surface area contributed by atoms with Gasteiger partial charge < -0.3 is 15.3 Å². The molecule has 1 saturated carbocycles. The number of likely N-dealkylation sites (tertiary alicyclic amines) is 1. The minimum Gasteiger partial charge on any atom is -0.465 e. The Hall–Kier alpha value is -0.770. The maximum atomic E-state index is 10.9. The lowest BCUT2D eigenvalue weighted by molar-refractivity contribution is 0.125. The molecule has 1 aliphatic heterocycles. The van der Waals surface area contributed by atoms with Crippen LogP contribution < -0.4 is 5.32 Å². The van der Waals surface area contributed by atoms with E-state index in [9.17, 15) is 4.79 Å². The molecule has 1 atom stereocenters. The Morgan fingerprint density at radius 3 is 2.65 bits per heavy atom. The first-order valence-electron chi connectivity index (χ1n) is 6.97. The smallest absolute Gasteiger partial charge is 0.407 e. The zero-order chi connectivity index (χ0) is 12.1. The number of hydrogen-bond donors (Lipinski definition) is 2. The molecule has 1 aliphatic carbocycles. The first-order valence-corrected chi connectivity index (χ1v) is 6.97. The Labute approximate surface area is 103 Å². The van der Waals surface area contributed by atoms with Crippen molar-refractivity contribution < 1.29 is 9.90 Å². The second kappa shape index (κ2) is 6.24. The third kappa shape index (κ3) is 3.87. The molecule has 2 aliphatic rings. The maximum absolute atomic E-state index is 10.9. The van der Waals surface area contributed by atoms with E-state index in [1.165, 1.54) is 32.1 Å². The lowest BCUT2D eigenvalue weighted by Gasteiger charge is -2.33. The van der Waals surface area contributed by atoms with Crippen molar-refractivity contribution in [1.29, 1.82) is 0 Å².